The molecule has 0 amide bonds. The van der Waals surface area contributed by atoms with Crippen LogP contribution in [-0.4, -0.2) is 10.8 Å². The van der Waals surface area contributed by atoms with Crippen molar-refractivity contribution in [2.45, 2.75) is 36.4 Å². The first-order valence-electron chi connectivity index (χ1n) is 4.64. The third kappa shape index (κ3) is 1.65. The molecule has 0 bridgehead atoms. The van der Waals surface area contributed by atoms with E-state index in [1.807, 2.05) is 0 Å². The molecule has 2 aliphatic rings. The fraction of sp³-hybridized carbons (Fsp3) is 0.800. The maximum absolute atomic E-state index is 6.26. The van der Waals surface area contributed by atoms with Gasteiger partial charge in [0, 0.05) is 5.38 Å². The molecule has 0 heterocycles. The lowest BCUT2D eigenvalue weighted by Gasteiger charge is -2.31. The summed E-state index contributed by atoms with van der Waals surface area (Å²) in [5, 5.41) is 0.491. The summed E-state index contributed by atoms with van der Waals surface area (Å²) in [6.45, 7) is 3.94. The van der Waals surface area contributed by atoms with Crippen LogP contribution in [0.25, 0.3) is 0 Å². The van der Waals surface area contributed by atoms with Crippen LogP contribution >= 0.6 is 23.2 Å². The third-order valence-corrected chi connectivity index (χ3v) is 4.04. The van der Waals surface area contributed by atoms with Gasteiger partial charge in [0.15, 0.2) is 0 Å². The van der Waals surface area contributed by atoms with Gasteiger partial charge in [-0.25, -0.2) is 0 Å². The highest BCUT2D eigenvalue weighted by Gasteiger charge is 2.40. The normalized spacial score (nSPS) is 43.2. The molecule has 0 aromatic rings. The van der Waals surface area contributed by atoms with E-state index in [0.717, 1.165) is 24.3 Å². The second kappa shape index (κ2) is 3.23. The Morgan fingerprint density at radius 1 is 1.25 bits per heavy atom. The Morgan fingerprint density at radius 2 is 1.92 bits per heavy atom. The van der Waals surface area contributed by atoms with Gasteiger partial charge < -0.3 is 0 Å². The Kier molecular flexibility index (Phi) is 2.39. The van der Waals surface area contributed by atoms with E-state index >= 15 is 0 Å². The van der Waals surface area contributed by atoms with Gasteiger partial charge in [-0.2, -0.15) is 0 Å². The first kappa shape index (κ1) is 8.90. The smallest absolute Gasteiger partial charge is 0.0546 e. The molecular formula is C10H14Cl2. The number of alkyl halides is 2. The Bertz CT molecular complexity index is 196. The van der Waals surface area contributed by atoms with E-state index in [2.05, 4.69) is 6.58 Å². The highest BCUT2D eigenvalue weighted by atomic mass is 35.5. The lowest BCUT2D eigenvalue weighted by molar-refractivity contribution is 0.375. The molecule has 3 unspecified atom stereocenters. The van der Waals surface area contributed by atoms with E-state index in [-0.39, 0.29) is 5.38 Å². The number of hydrogen-bond donors (Lipinski definition) is 0. The van der Waals surface area contributed by atoms with Gasteiger partial charge in [-0.05, 0) is 37.5 Å². The molecule has 0 aromatic heterocycles. The molecule has 2 heteroatoms. The molecule has 0 aromatic carbocycles. The standard InChI is InChI=1S/C10H14Cl2/c1-6-4-10(12)8(5-9(6)11)7-2-3-7/h7-10H,1-5H2. The van der Waals surface area contributed by atoms with E-state index in [4.69, 9.17) is 23.2 Å². The quantitative estimate of drug-likeness (QED) is 0.453. The molecule has 0 N–H and O–H groups in total. The maximum atomic E-state index is 6.26. The van der Waals surface area contributed by atoms with Crippen molar-refractivity contribution in [1.82, 2.24) is 0 Å². The van der Waals surface area contributed by atoms with E-state index in [9.17, 15) is 0 Å². The van der Waals surface area contributed by atoms with Gasteiger partial charge in [-0.3, -0.25) is 0 Å². The second-order valence-corrected chi connectivity index (χ2v) is 5.17. The zero-order valence-electron chi connectivity index (χ0n) is 7.10. The molecule has 68 valence electrons. The van der Waals surface area contributed by atoms with Crippen LogP contribution < -0.4 is 0 Å². The number of allylic oxidation sites excluding steroid dienone is 1. The molecule has 0 radical (unpaired) electrons. The highest BCUT2D eigenvalue weighted by molar-refractivity contribution is 6.24. The molecule has 2 fully saturated rings. The molecule has 2 rings (SSSR count). The van der Waals surface area contributed by atoms with Crippen LogP contribution in [0.1, 0.15) is 25.7 Å². The van der Waals surface area contributed by atoms with Crippen LogP contribution in [0.4, 0.5) is 0 Å². The van der Waals surface area contributed by atoms with Crippen molar-refractivity contribution >= 4 is 23.2 Å². The highest BCUT2D eigenvalue weighted by Crippen LogP contribution is 2.47. The third-order valence-electron chi connectivity index (χ3n) is 3.07. The van der Waals surface area contributed by atoms with Crippen molar-refractivity contribution < 1.29 is 0 Å². The summed E-state index contributed by atoms with van der Waals surface area (Å²) in [6, 6.07) is 0. The molecular weight excluding hydrogens is 191 g/mol. The molecule has 0 spiro atoms. The van der Waals surface area contributed by atoms with Crippen LogP contribution in [0.2, 0.25) is 0 Å². The summed E-state index contributed by atoms with van der Waals surface area (Å²) < 4.78 is 0. The van der Waals surface area contributed by atoms with Crippen molar-refractivity contribution in [3.8, 4) is 0 Å². The minimum Gasteiger partial charge on any atom is -0.122 e. The number of halogens is 2. The minimum absolute atomic E-state index is 0.186. The van der Waals surface area contributed by atoms with Crippen molar-refractivity contribution in [1.29, 1.82) is 0 Å². The predicted octanol–water partition coefficient (Wildman–Crippen LogP) is 3.58. The largest absolute Gasteiger partial charge is 0.122 e. The topological polar surface area (TPSA) is 0 Å². The summed E-state index contributed by atoms with van der Waals surface area (Å²) in [6.07, 6.45) is 4.71. The van der Waals surface area contributed by atoms with Gasteiger partial charge in [-0.15, -0.1) is 23.2 Å². The van der Waals surface area contributed by atoms with E-state index in [1.165, 1.54) is 12.8 Å². The molecule has 2 aliphatic carbocycles. The van der Waals surface area contributed by atoms with Crippen molar-refractivity contribution in [2.24, 2.45) is 11.8 Å². The fourth-order valence-electron chi connectivity index (χ4n) is 2.10. The minimum atomic E-state index is 0.186. The Labute approximate surface area is 83.9 Å². The van der Waals surface area contributed by atoms with E-state index < -0.39 is 0 Å². The van der Waals surface area contributed by atoms with Gasteiger partial charge in [0.1, 0.15) is 0 Å². The molecule has 0 saturated heterocycles. The summed E-state index contributed by atoms with van der Waals surface area (Å²) in [4.78, 5) is 0. The summed E-state index contributed by atoms with van der Waals surface area (Å²) in [5.41, 5.74) is 1.13. The van der Waals surface area contributed by atoms with Gasteiger partial charge in [0.25, 0.3) is 0 Å². The molecule has 3 atom stereocenters. The number of rotatable bonds is 1. The average Bonchev–Trinajstić information content (AvgIpc) is 2.79. The van der Waals surface area contributed by atoms with Crippen molar-refractivity contribution in [3.05, 3.63) is 12.2 Å². The fourth-order valence-corrected chi connectivity index (χ4v) is 2.90. The van der Waals surface area contributed by atoms with Crippen LogP contribution in [-0.2, 0) is 0 Å². The lowest BCUT2D eigenvalue weighted by Crippen LogP contribution is -2.28. The molecule has 0 nitrogen and oxygen atoms in total. The van der Waals surface area contributed by atoms with Gasteiger partial charge in [0.05, 0.1) is 5.38 Å². The Morgan fingerprint density at radius 3 is 2.50 bits per heavy atom. The summed E-state index contributed by atoms with van der Waals surface area (Å²) in [5.74, 6) is 1.54. The second-order valence-electron chi connectivity index (χ2n) is 4.08. The van der Waals surface area contributed by atoms with E-state index in [1.54, 1.807) is 0 Å². The van der Waals surface area contributed by atoms with Crippen LogP contribution in [0.5, 0.6) is 0 Å². The lowest BCUT2D eigenvalue weighted by atomic mass is 9.83. The first-order valence-corrected chi connectivity index (χ1v) is 5.51. The van der Waals surface area contributed by atoms with Crippen LogP contribution in [0.3, 0.4) is 0 Å². The Hall–Kier alpha value is 0.320. The molecule has 0 aliphatic heterocycles. The van der Waals surface area contributed by atoms with Gasteiger partial charge in [0.2, 0.25) is 0 Å². The molecule has 12 heavy (non-hydrogen) atoms. The van der Waals surface area contributed by atoms with Crippen LogP contribution in [0, 0.1) is 11.8 Å². The average molecular weight is 205 g/mol. The maximum Gasteiger partial charge on any atom is 0.0546 e. The zero-order valence-corrected chi connectivity index (χ0v) is 8.61. The van der Waals surface area contributed by atoms with Gasteiger partial charge in [-0.1, -0.05) is 12.2 Å². The molecule has 2 saturated carbocycles. The van der Waals surface area contributed by atoms with E-state index in [0.29, 0.717) is 11.3 Å². The SMILES string of the molecule is C=C1CC(Cl)C(C2CC2)CC1Cl. The van der Waals surface area contributed by atoms with Crippen molar-refractivity contribution in [2.75, 3.05) is 0 Å². The summed E-state index contributed by atoms with van der Waals surface area (Å²) in [7, 11) is 0. The Balaban J connectivity index is 2.01. The first-order chi connectivity index (χ1) is 5.68. The van der Waals surface area contributed by atoms with Gasteiger partial charge >= 0.3 is 0 Å². The van der Waals surface area contributed by atoms with Crippen molar-refractivity contribution in [3.63, 3.8) is 0 Å². The zero-order chi connectivity index (χ0) is 8.72. The van der Waals surface area contributed by atoms with Crippen LogP contribution in [0.15, 0.2) is 12.2 Å². The number of hydrogen-bond acceptors (Lipinski definition) is 0. The summed E-state index contributed by atoms with van der Waals surface area (Å²) >= 11 is 12.4. The monoisotopic (exact) mass is 204 g/mol. The predicted molar refractivity (Wildman–Crippen MR) is 53.9 cm³/mol.